The van der Waals surface area contributed by atoms with Gasteiger partial charge in [-0.05, 0) is 36.6 Å². The third-order valence-electron chi connectivity index (χ3n) is 3.63. The first-order valence-electron chi connectivity index (χ1n) is 6.75. The van der Waals surface area contributed by atoms with Gasteiger partial charge in [-0.3, -0.25) is 0 Å². The number of hydrogen-bond donors (Lipinski definition) is 1. The number of rotatable bonds is 4. The van der Waals surface area contributed by atoms with Crippen molar-refractivity contribution in [2.24, 2.45) is 5.73 Å². The van der Waals surface area contributed by atoms with Gasteiger partial charge in [-0.25, -0.2) is 8.78 Å². The molecular weight excluding hydrogens is 256 g/mol. The van der Waals surface area contributed by atoms with Crippen molar-refractivity contribution in [1.29, 1.82) is 0 Å². The summed E-state index contributed by atoms with van der Waals surface area (Å²) >= 11 is 0. The Labute approximate surface area is 118 Å². The Kier molecular flexibility index (Phi) is 4.19. The van der Waals surface area contributed by atoms with Gasteiger partial charge in [0.15, 0.2) is 0 Å². The summed E-state index contributed by atoms with van der Waals surface area (Å²) in [7, 11) is 0. The van der Waals surface area contributed by atoms with Crippen LogP contribution in [0.4, 0.5) is 8.78 Å². The number of aryl methyl sites for hydroxylation is 1. The predicted molar refractivity (Wildman–Crippen MR) is 77.4 cm³/mol. The Morgan fingerprint density at radius 3 is 2.05 bits per heavy atom. The SMILES string of the molecule is CCc1ccc(C(C)(N)Cc2c(F)cccc2F)cc1. The maximum atomic E-state index is 13.7. The van der Waals surface area contributed by atoms with Crippen molar-refractivity contribution in [3.05, 3.63) is 70.8 Å². The Morgan fingerprint density at radius 2 is 1.55 bits per heavy atom. The summed E-state index contributed by atoms with van der Waals surface area (Å²) in [5.41, 5.74) is 7.58. The quantitative estimate of drug-likeness (QED) is 0.898. The van der Waals surface area contributed by atoms with Crippen molar-refractivity contribution in [3.63, 3.8) is 0 Å². The van der Waals surface area contributed by atoms with Crippen molar-refractivity contribution >= 4 is 0 Å². The van der Waals surface area contributed by atoms with E-state index in [4.69, 9.17) is 5.73 Å². The molecule has 0 spiro atoms. The van der Waals surface area contributed by atoms with Gasteiger partial charge in [0.05, 0.1) is 0 Å². The van der Waals surface area contributed by atoms with Crippen LogP contribution in [0.3, 0.4) is 0 Å². The fourth-order valence-electron chi connectivity index (χ4n) is 2.29. The normalized spacial score (nSPS) is 14.1. The van der Waals surface area contributed by atoms with Crippen LogP contribution in [0.5, 0.6) is 0 Å². The van der Waals surface area contributed by atoms with E-state index in [-0.39, 0.29) is 12.0 Å². The minimum atomic E-state index is -0.810. The minimum absolute atomic E-state index is 0.0390. The van der Waals surface area contributed by atoms with Gasteiger partial charge < -0.3 is 5.73 Å². The van der Waals surface area contributed by atoms with E-state index in [9.17, 15) is 8.78 Å². The third-order valence-corrected chi connectivity index (χ3v) is 3.63. The Morgan fingerprint density at radius 1 is 1.00 bits per heavy atom. The van der Waals surface area contributed by atoms with Crippen molar-refractivity contribution in [2.45, 2.75) is 32.2 Å². The summed E-state index contributed by atoms with van der Waals surface area (Å²) in [4.78, 5) is 0. The second-order valence-corrected chi connectivity index (χ2v) is 5.34. The van der Waals surface area contributed by atoms with Gasteiger partial charge >= 0.3 is 0 Å². The molecule has 2 aromatic carbocycles. The Hall–Kier alpha value is -1.74. The van der Waals surface area contributed by atoms with Crippen molar-refractivity contribution in [2.75, 3.05) is 0 Å². The molecule has 20 heavy (non-hydrogen) atoms. The van der Waals surface area contributed by atoms with Gasteiger partial charge in [-0.1, -0.05) is 37.3 Å². The van der Waals surface area contributed by atoms with E-state index in [1.54, 1.807) is 6.92 Å². The summed E-state index contributed by atoms with van der Waals surface area (Å²) in [5, 5.41) is 0. The Balaban J connectivity index is 2.30. The maximum absolute atomic E-state index is 13.7. The van der Waals surface area contributed by atoms with Crippen LogP contribution >= 0.6 is 0 Å². The topological polar surface area (TPSA) is 26.0 Å². The molecule has 106 valence electrons. The highest BCUT2D eigenvalue weighted by Gasteiger charge is 2.25. The van der Waals surface area contributed by atoms with E-state index < -0.39 is 17.2 Å². The standard InChI is InChI=1S/C17H19F2N/c1-3-12-7-9-13(10-8-12)17(2,20)11-14-15(18)5-4-6-16(14)19/h4-10H,3,11,20H2,1-2H3. The van der Waals surface area contributed by atoms with Gasteiger partial charge in [-0.2, -0.15) is 0 Å². The zero-order valence-corrected chi connectivity index (χ0v) is 11.8. The summed E-state index contributed by atoms with van der Waals surface area (Å²) in [6, 6.07) is 11.7. The molecule has 1 unspecified atom stereocenters. The fourth-order valence-corrected chi connectivity index (χ4v) is 2.29. The zero-order chi connectivity index (χ0) is 14.8. The minimum Gasteiger partial charge on any atom is -0.321 e. The molecule has 2 N–H and O–H groups in total. The van der Waals surface area contributed by atoms with Crippen LogP contribution < -0.4 is 5.73 Å². The molecule has 1 atom stereocenters. The molecule has 0 aromatic heterocycles. The van der Waals surface area contributed by atoms with Gasteiger partial charge in [-0.15, -0.1) is 0 Å². The molecule has 0 aliphatic rings. The first kappa shape index (κ1) is 14.7. The van der Waals surface area contributed by atoms with Crippen LogP contribution in [-0.2, 0) is 18.4 Å². The highest BCUT2D eigenvalue weighted by Crippen LogP contribution is 2.26. The molecule has 0 heterocycles. The second-order valence-electron chi connectivity index (χ2n) is 5.34. The predicted octanol–water partition coefficient (Wildman–Crippen LogP) is 3.94. The first-order chi connectivity index (χ1) is 9.44. The van der Waals surface area contributed by atoms with E-state index in [0.29, 0.717) is 0 Å². The van der Waals surface area contributed by atoms with Crippen LogP contribution in [0.2, 0.25) is 0 Å². The molecule has 2 aromatic rings. The molecule has 0 amide bonds. The lowest BCUT2D eigenvalue weighted by Crippen LogP contribution is -2.36. The Bertz CT molecular complexity index is 568. The first-order valence-corrected chi connectivity index (χ1v) is 6.75. The van der Waals surface area contributed by atoms with E-state index in [1.807, 2.05) is 24.3 Å². The molecule has 0 aliphatic heterocycles. The molecule has 0 bridgehead atoms. The van der Waals surface area contributed by atoms with Crippen LogP contribution in [0, 0.1) is 11.6 Å². The van der Waals surface area contributed by atoms with E-state index in [2.05, 4.69) is 6.92 Å². The molecule has 0 saturated carbocycles. The summed E-state index contributed by atoms with van der Waals surface area (Å²) in [6.45, 7) is 3.87. The van der Waals surface area contributed by atoms with Crippen LogP contribution in [-0.4, -0.2) is 0 Å². The average molecular weight is 275 g/mol. The number of halogens is 2. The lowest BCUT2D eigenvalue weighted by atomic mass is 9.86. The summed E-state index contributed by atoms with van der Waals surface area (Å²) in [5.74, 6) is -1.10. The van der Waals surface area contributed by atoms with Gasteiger partial charge in [0.1, 0.15) is 11.6 Å². The molecule has 3 heteroatoms. The number of hydrogen-bond acceptors (Lipinski definition) is 1. The molecule has 0 aliphatic carbocycles. The van der Waals surface area contributed by atoms with Gasteiger partial charge in [0, 0.05) is 17.5 Å². The number of benzene rings is 2. The smallest absolute Gasteiger partial charge is 0.129 e. The molecule has 0 fully saturated rings. The summed E-state index contributed by atoms with van der Waals surface area (Å²) in [6.07, 6.45) is 1.07. The van der Waals surface area contributed by atoms with E-state index in [0.717, 1.165) is 12.0 Å². The highest BCUT2D eigenvalue weighted by atomic mass is 19.1. The average Bonchev–Trinajstić information content (AvgIpc) is 2.43. The van der Waals surface area contributed by atoms with Crippen LogP contribution in [0.1, 0.15) is 30.5 Å². The monoisotopic (exact) mass is 275 g/mol. The summed E-state index contributed by atoms with van der Waals surface area (Å²) < 4.78 is 27.4. The lowest BCUT2D eigenvalue weighted by Gasteiger charge is -2.26. The maximum Gasteiger partial charge on any atom is 0.129 e. The third kappa shape index (κ3) is 3.05. The van der Waals surface area contributed by atoms with E-state index >= 15 is 0 Å². The second kappa shape index (κ2) is 5.71. The van der Waals surface area contributed by atoms with Crippen LogP contribution in [0.25, 0.3) is 0 Å². The largest absolute Gasteiger partial charge is 0.321 e. The van der Waals surface area contributed by atoms with Crippen molar-refractivity contribution in [3.8, 4) is 0 Å². The zero-order valence-electron chi connectivity index (χ0n) is 11.8. The van der Waals surface area contributed by atoms with Gasteiger partial charge in [0.2, 0.25) is 0 Å². The van der Waals surface area contributed by atoms with Crippen LogP contribution in [0.15, 0.2) is 42.5 Å². The van der Waals surface area contributed by atoms with Crippen molar-refractivity contribution < 1.29 is 8.78 Å². The van der Waals surface area contributed by atoms with Gasteiger partial charge in [0.25, 0.3) is 0 Å². The fraction of sp³-hybridized carbons (Fsp3) is 0.294. The number of nitrogens with two attached hydrogens (primary N) is 1. The highest BCUT2D eigenvalue weighted by molar-refractivity contribution is 5.31. The molecule has 0 radical (unpaired) electrons. The molecule has 0 saturated heterocycles. The van der Waals surface area contributed by atoms with Crippen molar-refractivity contribution in [1.82, 2.24) is 0 Å². The van der Waals surface area contributed by atoms with E-state index in [1.165, 1.54) is 23.8 Å². The molecular formula is C17H19F2N. The lowest BCUT2D eigenvalue weighted by molar-refractivity contribution is 0.455. The molecule has 2 rings (SSSR count). The molecule has 1 nitrogen and oxygen atoms in total.